The Bertz CT molecular complexity index is 875. The second kappa shape index (κ2) is 7.18. The number of β-lactam (4-membered cyclic amide) rings is 1. The van der Waals surface area contributed by atoms with Gasteiger partial charge >= 0.3 is 5.97 Å². The van der Waals surface area contributed by atoms with Gasteiger partial charge in [0.1, 0.15) is 11.9 Å². The van der Waals surface area contributed by atoms with Crippen LogP contribution in [0.5, 0.6) is 0 Å². The number of rotatable bonds is 5. The van der Waals surface area contributed by atoms with Gasteiger partial charge in [0.2, 0.25) is 11.8 Å². The van der Waals surface area contributed by atoms with Gasteiger partial charge in [-0.1, -0.05) is 6.92 Å². The number of aliphatic hydroxyl groups is 1. The fourth-order valence-electron chi connectivity index (χ4n) is 5.79. The number of nitrogens with zero attached hydrogens (tertiary/aromatic N) is 2. The zero-order valence-electron chi connectivity index (χ0n) is 17.6. The van der Waals surface area contributed by atoms with E-state index in [9.17, 15) is 29.0 Å². The van der Waals surface area contributed by atoms with Crippen LogP contribution in [0.15, 0.2) is 10.6 Å². The molecule has 31 heavy (non-hydrogen) atoms. The molecule has 3 N–H and O–H groups in total. The van der Waals surface area contributed by atoms with Crippen molar-refractivity contribution in [1.29, 1.82) is 0 Å². The van der Waals surface area contributed by atoms with Gasteiger partial charge < -0.3 is 25.3 Å². The van der Waals surface area contributed by atoms with Crippen LogP contribution < -0.4 is 5.32 Å². The number of thioether (sulfide) groups is 1. The highest BCUT2D eigenvalue weighted by Gasteiger charge is 2.60. The van der Waals surface area contributed by atoms with Crippen molar-refractivity contribution in [3.63, 3.8) is 0 Å². The molecule has 170 valence electrons. The van der Waals surface area contributed by atoms with Crippen LogP contribution in [0, 0.1) is 17.3 Å². The molecule has 4 heterocycles. The van der Waals surface area contributed by atoms with E-state index in [1.54, 1.807) is 11.8 Å². The molecule has 3 saturated heterocycles. The molecule has 1 spiro atoms. The van der Waals surface area contributed by atoms with Gasteiger partial charge in [0.05, 0.1) is 30.7 Å². The molecule has 10 heteroatoms. The molecule has 2 amide bonds. The average Bonchev–Trinajstić information content (AvgIpc) is 3.09. The highest BCUT2D eigenvalue weighted by Crippen LogP contribution is 2.54. The second-order valence-corrected chi connectivity index (χ2v) is 11.1. The first-order chi connectivity index (χ1) is 14.6. The minimum absolute atomic E-state index is 0.00895. The highest BCUT2D eigenvalue weighted by molar-refractivity contribution is 8.03. The molecule has 1 aliphatic carbocycles. The molecule has 0 aromatic rings. The zero-order valence-corrected chi connectivity index (χ0v) is 18.4. The van der Waals surface area contributed by atoms with E-state index in [4.69, 9.17) is 0 Å². The molecule has 1 saturated carbocycles. The summed E-state index contributed by atoms with van der Waals surface area (Å²) in [6, 6.07) is -0.734. The molecule has 4 fully saturated rings. The predicted octanol–water partition coefficient (Wildman–Crippen LogP) is 0.564. The Kier molecular flexibility index (Phi) is 4.91. The quantitative estimate of drug-likeness (QED) is 0.522. The Morgan fingerprint density at radius 1 is 1.35 bits per heavy atom. The lowest BCUT2D eigenvalue weighted by Crippen LogP contribution is -2.63. The number of hydrogen-bond donors (Lipinski definition) is 3. The van der Waals surface area contributed by atoms with Crippen molar-refractivity contribution < 1.29 is 29.0 Å². The third-order valence-electron chi connectivity index (χ3n) is 7.75. The molecule has 8 nitrogen and oxygen atoms in total. The number of carbonyl (C=O) groups excluding carboxylic acids is 2. The van der Waals surface area contributed by atoms with E-state index >= 15 is 0 Å². The van der Waals surface area contributed by atoms with E-state index in [1.165, 1.54) is 16.7 Å². The van der Waals surface area contributed by atoms with Gasteiger partial charge in [-0.25, -0.2) is 9.18 Å². The third-order valence-corrected chi connectivity index (χ3v) is 9.26. The normalized spacial score (nSPS) is 39.2. The van der Waals surface area contributed by atoms with Crippen LogP contribution in [0.1, 0.15) is 33.1 Å². The first-order valence-electron chi connectivity index (χ1n) is 11.0. The van der Waals surface area contributed by atoms with Crippen molar-refractivity contribution in [1.82, 2.24) is 15.1 Å². The summed E-state index contributed by atoms with van der Waals surface area (Å²) < 4.78 is 14.2. The predicted molar refractivity (Wildman–Crippen MR) is 111 cm³/mol. The number of carboxylic acid groups (broad SMARTS) is 1. The van der Waals surface area contributed by atoms with Crippen molar-refractivity contribution in [3.8, 4) is 0 Å². The molecule has 5 aliphatic rings. The standard InChI is InChI=1S/C21H28FN3O5S/c1-9-15-14(10(2)26)19(28)25(15)16(20(29)30)17(9)31-11-5-12(23-6-11)18(27)24-7-13(22)21(8-24)3-4-21/h9-15,23,26H,3-8H2,1-2H3,(H,29,30)/t9-,10-,11+,12+,13?,14-,15-/m1/s1. The van der Waals surface area contributed by atoms with Gasteiger partial charge in [0, 0.05) is 34.6 Å². The first kappa shape index (κ1) is 21.2. The van der Waals surface area contributed by atoms with Crippen molar-refractivity contribution in [2.24, 2.45) is 17.3 Å². The van der Waals surface area contributed by atoms with Gasteiger partial charge in [0.15, 0.2) is 0 Å². The van der Waals surface area contributed by atoms with Crippen LogP contribution in [0.25, 0.3) is 0 Å². The Labute approximate surface area is 184 Å². The second-order valence-electron chi connectivity index (χ2n) is 9.76. The summed E-state index contributed by atoms with van der Waals surface area (Å²) in [6.07, 6.45) is 0.464. The Morgan fingerprint density at radius 2 is 2.06 bits per heavy atom. The minimum atomic E-state index is -1.14. The van der Waals surface area contributed by atoms with Crippen LogP contribution in [0.4, 0.5) is 4.39 Å². The van der Waals surface area contributed by atoms with Crippen LogP contribution in [0.2, 0.25) is 0 Å². The largest absolute Gasteiger partial charge is 0.477 e. The summed E-state index contributed by atoms with van der Waals surface area (Å²) in [5, 5.41) is 22.9. The summed E-state index contributed by atoms with van der Waals surface area (Å²) in [4.78, 5) is 40.9. The number of nitrogens with one attached hydrogen (secondary N) is 1. The number of hydrogen-bond acceptors (Lipinski definition) is 6. The number of alkyl halides is 1. The number of aliphatic hydroxyl groups excluding tert-OH is 1. The van der Waals surface area contributed by atoms with Crippen LogP contribution in [-0.2, 0) is 14.4 Å². The molecule has 0 aromatic carbocycles. The fourth-order valence-corrected chi connectivity index (χ4v) is 7.27. The Hall–Kier alpha value is -1.65. The van der Waals surface area contributed by atoms with Crippen molar-refractivity contribution >= 4 is 29.5 Å². The highest BCUT2D eigenvalue weighted by atomic mass is 32.2. The zero-order chi connectivity index (χ0) is 22.2. The Balaban J connectivity index is 1.27. The van der Waals surface area contributed by atoms with Crippen molar-refractivity contribution in [3.05, 3.63) is 10.6 Å². The number of aliphatic carboxylic acids is 1. The molecular weight excluding hydrogens is 425 g/mol. The Morgan fingerprint density at radius 3 is 2.65 bits per heavy atom. The van der Waals surface area contributed by atoms with E-state index in [-0.39, 0.29) is 46.7 Å². The number of fused-ring (bicyclic) bond motifs is 1. The summed E-state index contributed by atoms with van der Waals surface area (Å²) in [5.41, 5.74) is -0.293. The van der Waals surface area contributed by atoms with Crippen LogP contribution >= 0.6 is 11.8 Å². The molecule has 5 rings (SSSR count). The summed E-state index contributed by atoms with van der Waals surface area (Å²) in [5.74, 6) is -2.34. The molecule has 1 unspecified atom stereocenters. The third kappa shape index (κ3) is 3.13. The van der Waals surface area contributed by atoms with E-state index in [1.807, 2.05) is 6.92 Å². The monoisotopic (exact) mass is 453 g/mol. The van der Waals surface area contributed by atoms with Gasteiger partial charge in [-0.15, -0.1) is 11.8 Å². The average molecular weight is 454 g/mol. The number of halogens is 1. The molecular formula is C21H28FN3O5S. The number of likely N-dealkylation sites (tertiary alicyclic amines) is 1. The number of carboxylic acids is 1. The van der Waals surface area contributed by atoms with Gasteiger partial charge in [-0.3, -0.25) is 9.59 Å². The van der Waals surface area contributed by atoms with E-state index < -0.39 is 30.2 Å². The van der Waals surface area contributed by atoms with Crippen molar-refractivity contribution in [2.45, 2.75) is 62.7 Å². The SMILES string of the molecule is C[C@@H](O)[C@H]1C(=O)N2C(C(=O)O)=C(S[C@@H]3CN[C@H](C(=O)N4CC(F)C5(CC5)C4)C3)[C@H](C)[C@H]12. The van der Waals surface area contributed by atoms with Gasteiger partial charge in [-0.2, -0.15) is 0 Å². The molecule has 0 aromatic heterocycles. The summed E-state index contributed by atoms with van der Waals surface area (Å²) >= 11 is 1.41. The van der Waals surface area contributed by atoms with Crippen LogP contribution in [-0.4, -0.2) is 87.0 Å². The van der Waals surface area contributed by atoms with Gasteiger partial charge in [0.25, 0.3) is 0 Å². The number of carbonyl (C=O) groups is 3. The topological polar surface area (TPSA) is 110 Å². The molecule has 7 atom stereocenters. The molecule has 0 radical (unpaired) electrons. The van der Waals surface area contributed by atoms with E-state index in [2.05, 4.69) is 5.32 Å². The maximum atomic E-state index is 14.2. The minimum Gasteiger partial charge on any atom is -0.477 e. The number of amides is 2. The smallest absolute Gasteiger partial charge is 0.353 e. The maximum Gasteiger partial charge on any atom is 0.353 e. The van der Waals surface area contributed by atoms with Crippen LogP contribution in [0.3, 0.4) is 0 Å². The summed E-state index contributed by atoms with van der Waals surface area (Å²) in [7, 11) is 0. The van der Waals surface area contributed by atoms with E-state index in [0.29, 0.717) is 24.4 Å². The fraction of sp³-hybridized carbons (Fsp3) is 0.762. The lowest BCUT2D eigenvalue weighted by Gasteiger charge is -2.46. The maximum absolute atomic E-state index is 14.2. The van der Waals surface area contributed by atoms with Crippen molar-refractivity contribution in [2.75, 3.05) is 19.6 Å². The van der Waals surface area contributed by atoms with E-state index in [0.717, 1.165) is 12.8 Å². The lowest BCUT2D eigenvalue weighted by atomic mass is 9.79. The molecule has 0 bridgehead atoms. The first-order valence-corrected chi connectivity index (χ1v) is 11.8. The summed E-state index contributed by atoms with van der Waals surface area (Å²) in [6.45, 7) is 4.65. The molecule has 4 aliphatic heterocycles. The van der Waals surface area contributed by atoms with Gasteiger partial charge in [-0.05, 0) is 26.2 Å². The lowest BCUT2D eigenvalue weighted by molar-refractivity contribution is -0.163.